The number of nitrogens with zero attached hydrogens (tertiary/aromatic N) is 3. The van der Waals surface area contributed by atoms with E-state index in [9.17, 15) is 0 Å². The van der Waals surface area contributed by atoms with Crippen LogP contribution in [-0.4, -0.2) is 29.1 Å². The van der Waals surface area contributed by atoms with Gasteiger partial charge in [0, 0.05) is 30.9 Å². The van der Waals surface area contributed by atoms with Crippen molar-refractivity contribution in [2.45, 2.75) is 38.6 Å². The Morgan fingerprint density at radius 1 is 1.28 bits per heavy atom. The van der Waals surface area contributed by atoms with E-state index in [1.807, 2.05) is 0 Å². The topological polar surface area (TPSA) is 55.0 Å². The average molecular weight is 246 g/mol. The first-order chi connectivity index (χ1) is 8.76. The fourth-order valence-corrected chi connectivity index (χ4v) is 3.41. The van der Waals surface area contributed by atoms with Crippen molar-refractivity contribution in [3.63, 3.8) is 0 Å². The Labute approximate surface area is 109 Å². The summed E-state index contributed by atoms with van der Waals surface area (Å²) in [4.78, 5) is 11.1. The molecule has 1 aromatic heterocycles. The third kappa shape index (κ3) is 2.21. The molecule has 1 aliphatic carbocycles. The standard InChI is InChI=1S/C14H22N4/c1-2-13-6-14(17-9-16-13)18-7-10-3-4-12(15)5-11(10)8-18/h6,9-12H,2-5,7-8,15H2,1H3/t10-,11+,12?/m1/s1. The fraction of sp³-hybridized carbons (Fsp3) is 0.714. The average Bonchev–Trinajstić information content (AvgIpc) is 2.81. The summed E-state index contributed by atoms with van der Waals surface area (Å²) in [7, 11) is 0. The van der Waals surface area contributed by atoms with Gasteiger partial charge in [0.2, 0.25) is 0 Å². The zero-order valence-corrected chi connectivity index (χ0v) is 11.0. The molecule has 3 atom stereocenters. The third-order valence-corrected chi connectivity index (χ3v) is 4.49. The van der Waals surface area contributed by atoms with Gasteiger partial charge in [-0.05, 0) is 37.5 Å². The van der Waals surface area contributed by atoms with E-state index in [1.165, 1.54) is 19.3 Å². The molecule has 1 aromatic rings. The molecule has 2 N–H and O–H groups in total. The van der Waals surface area contributed by atoms with Crippen molar-refractivity contribution in [1.29, 1.82) is 0 Å². The highest BCUT2D eigenvalue weighted by Crippen LogP contribution is 2.37. The summed E-state index contributed by atoms with van der Waals surface area (Å²) in [6.45, 7) is 4.41. The molecule has 1 aliphatic heterocycles. The summed E-state index contributed by atoms with van der Waals surface area (Å²) in [5.74, 6) is 2.70. The second-order valence-electron chi connectivity index (χ2n) is 5.72. The Balaban J connectivity index is 1.74. The Bertz CT molecular complexity index is 420. The van der Waals surface area contributed by atoms with Gasteiger partial charge in [0.25, 0.3) is 0 Å². The number of anilines is 1. The number of rotatable bonds is 2. The molecule has 1 saturated heterocycles. The van der Waals surface area contributed by atoms with Gasteiger partial charge in [-0.25, -0.2) is 9.97 Å². The smallest absolute Gasteiger partial charge is 0.132 e. The van der Waals surface area contributed by atoms with Crippen LogP contribution in [0.3, 0.4) is 0 Å². The SMILES string of the molecule is CCc1cc(N2C[C@H]3CCC(N)C[C@H]3C2)ncn1. The van der Waals surface area contributed by atoms with Crippen LogP contribution in [-0.2, 0) is 6.42 Å². The number of aromatic nitrogens is 2. The van der Waals surface area contributed by atoms with Crippen LogP contribution in [0.25, 0.3) is 0 Å². The second kappa shape index (κ2) is 4.84. The largest absolute Gasteiger partial charge is 0.356 e. The monoisotopic (exact) mass is 246 g/mol. The summed E-state index contributed by atoms with van der Waals surface area (Å²) >= 11 is 0. The van der Waals surface area contributed by atoms with E-state index in [1.54, 1.807) is 6.33 Å². The summed E-state index contributed by atoms with van der Waals surface area (Å²) < 4.78 is 0. The molecule has 0 amide bonds. The van der Waals surface area contributed by atoms with Gasteiger partial charge in [-0.15, -0.1) is 0 Å². The van der Waals surface area contributed by atoms with Crippen LogP contribution in [0.15, 0.2) is 12.4 Å². The minimum Gasteiger partial charge on any atom is -0.356 e. The van der Waals surface area contributed by atoms with Crippen molar-refractivity contribution < 1.29 is 0 Å². The molecule has 3 rings (SSSR count). The van der Waals surface area contributed by atoms with Crippen molar-refractivity contribution in [2.24, 2.45) is 17.6 Å². The van der Waals surface area contributed by atoms with Gasteiger partial charge in [-0.2, -0.15) is 0 Å². The van der Waals surface area contributed by atoms with E-state index in [2.05, 4.69) is 27.9 Å². The summed E-state index contributed by atoms with van der Waals surface area (Å²) in [5, 5.41) is 0. The molecular weight excluding hydrogens is 224 g/mol. The van der Waals surface area contributed by atoms with Gasteiger partial charge in [-0.3, -0.25) is 0 Å². The van der Waals surface area contributed by atoms with Crippen LogP contribution in [0.2, 0.25) is 0 Å². The predicted molar refractivity (Wildman–Crippen MR) is 72.4 cm³/mol. The summed E-state index contributed by atoms with van der Waals surface area (Å²) in [6.07, 6.45) is 6.34. The molecule has 4 nitrogen and oxygen atoms in total. The lowest BCUT2D eigenvalue weighted by atomic mass is 9.79. The molecule has 2 fully saturated rings. The fourth-order valence-electron chi connectivity index (χ4n) is 3.41. The maximum Gasteiger partial charge on any atom is 0.132 e. The number of hydrogen-bond donors (Lipinski definition) is 1. The van der Waals surface area contributed by atoms with Gasteiger partial charge in [0.15, 0.2) is 0 Å². The highest BCUT2D eigenvalue weighted by atomic mass is 15.2. The summed E-state index contributed by atoms with van der Waals surface area (Å²) in [6, 6.07) is 2.56. The van der Waals surface area contributed by atoms with E-state index < -0.39 is 0 Å². The zero-order valence-electron chi connectivity index (χ0n) is 11.0. The van der Waals surface area contributed by atoms with Crippen LogP contribution in [0.4, 0.5) is 5.82 Å². The molecule has 2 heterocycles. The highest BCUT2D eigenvalue weighted by molar-refractivity contribution is 5.40. The van der Waals surface area contributed by atoms with Gasteiger partial charge >= 0.3 is 0 Å². The molecule has 0 spiro atoms. The molecular formula is C14H22N4. The molecule has 98 valence electrons. The lowest BCUT2D eigenvalue weighted by Crippen LogP contribution is -2.32. The van der Waals surface area contributed by atoms with Crippen LogP contribution in [0.1, 0.15) is 31.9 Å². The first kappa shape index (κ1) is 11.9. The second-order valence-corrected chi connectivity index (χ2v) is 5.72. The van der Waals surface area contributed by atoms with Crippen molar-refractivity contribution >= 4 is 5.82 Å². The number of nitrogens with two attached hydrogens (primary N) is 1. The molecule has 18 heavy (non-hydrogen) atoms. The van der Waals surface area contributed by atoms with E-state index in [4.69, 9.17) is 5.73 Å². The first-order valence-electron chi connectivity index (χ1n) is 7.07. The van der Waals surface area contributed by atoms with Gasteiger partial charge in [-0.1, -0.05) is 6.92 Å². The van der Waals surface area contributed by atoms with Gasteiger partial charge in [0.05, 0.1) is 0 Å². The Morgan fingerprint density at radius 3 is 2.94 bits per heavy atom. The quantitative estimate of drug-likeness (QED) is 0.861. The van der Waals surface area contributed by atoms with E-state index in [0.717, 1.165) is 42.9 Å². The molecule has 4 heteroatoms. The lowest BCUT2D eigenvalue weighted by molar-refractivity contribution is 0.271. The van der Waals surface area contributed by atoms with E-state index in [-0.39, 0.29) is 0 Å². The molecule has 0 aromatic carbocycles. The van der Waals surface area contributed by atoms with E-state index >= 15 is 0 Å². The highest BCUT2D eigenvalue weighted by Gasteiger charge is 2.37. The number of aryl methyl sites for hydroxylation is 1. The maximum atomic E-state index is 6.08. The number of fused-ring (bicyclic) bond motifs is 1. The zero-order chi connectivity index (χ0) is 12.5. The van der Waals surface area contributed by atoms with Crippen molar-refractivity contribution in [3.05, 3.63) is 18.1 Å². The molecule has 1 saturated carbocycles. The van der Waals surface area contributed by atoms with Crippen LogP contribution < -0.4 is 10.6 Å². The van der Waals surface area contributed by atoms with Gasteiger partial charge < -0.3 is 10.6 Å². The number of hydrogen-bond acceptors (Lipinski definition) is 4. The minimum atomic E-state index is 0.419. The predicted octanol–water partition coefficient (Wildman–Crippen LogP) is 1.60. The van der Waals surface area contributed by atoms with Crippen LogP contribution >= 0.6 is 0 Å². The van der Waals surface area contributed by atoms with Crippen molar-refractivity contribution in [1.82, 2.24) is 9.97 Å². The van der Waals surface area contributed by atoms with Crippen LogP contribution in [0, 0.1) is 11.8 Å². The normalized spacial score (nSPS) is 31.4. The Morgan fingerprint density at radius 2 is 2.11 bits per heavy atom. The van der Waals surface area contributed by atoms with E-state index in [0.29, 0.717) is 6.04 Å². The lowest BCUT2D eigenvalue weighted by Gasteiger charge is -2.27. The summed E-state index contributed by atoms with van der Waals surface area (Å²) in [5.41, 5.74) is 7.21. The minimum absolute atomic E-state index is 0.419. The molecule has 0 bridgehead atoms. The molecule has 1 unspecified atom stereocenters. The maximum absolute atomic E-state index is 6.08. The van der Waals surface area contributed by atoms with Crippen LogP contribution in [0.5, 0.6) is 0 Å². The Kier molecular flexibility index (Phi) is 3.20. The van der Waals surface area contributed by atoms with Crippen molar-refractivity contribution in [2.75, 3.05) is 18.0 Å². The first-order valence-corrected chi connectivity index (χ1v) is 7.07. The van der Waals surface area contributed by atoms with Crippen molar-refractivity contribution in [3.8, 4) is 0 Å². The Hall–Kier alpha value is -1.16. The molecule has 0 radical (unpaired) electrons. The third-order valence-electron chi connectivity index (χ3n) is 4.49. The van der Waals surface area contributed by atoms with Gasteiger partial charge in [0.1, 0.15) is 12.1 Å². The molecule has 2 aliphatic rings.